The summed E-state index contributed by atoms with van der Waals surface area (Å²) in [6.07, 6.45) is 9.93. The maximum Gasteiger partial charge on any atom is 0.312 e. The molecule has 0 aromatic carbocycles. The van der Waals surface area contributed by atoms with E-state index in [-0.39, 0.29) is 29.9 Å². The van der Waals surface area contributed by atoms with Gasteiger partial charge < -0.3 is 24.4 Å². The van der Waals surface area contributed by atoms with Crippen LogP contribution in [-0.2, 0) is 23.9 Å². The van der Waals surface area contributed by atoms with Crippen molar-refractivity contribution in [2.75, 3.05) is 32.8 Å². The second-order valence-corrected chi connectivity index (χ2v) is 11.5. The fourth-order valence-electron chi connectivity index (χ4n) is 6.15. The van der Waals surface area contributed by atoms with Crippen LogP contribution in [0, 0.1) is 11.8 Å². The zero-order valence-corrected chi connectivity index (χ0v) is 23.7. The summed E-state index contributed by atoms with van der Waals surface area (Å²) in [5.41, 5.74) is -1.08. The lowest BCUT2D eigenvalue weighted by molar-refractivity contribution is -0.155. The molecule has 0 aromatic heterocycles. The molecule has 2 bridgehead atoms. The Balaban J connectivity index is 1.89. The number of carbonyl (C=O) groups excluding carboxylic acids is 3. The van der Waals surface area contributed by atoms with Crippen LogP contribution in [0.5, 0.6) is 0 Å². The predicted molar refractivity (Wildman–Crippen MR) is 145 cm³/mol. The second-order valence-electron chi connectivity index (χ2n) is 10.4. The number of unbranched alkanes of at least 4 members (excludes halogenated alkanes) is 5. The van der Waals surface area contributed by atoms with Crippen molar-refractivity contribution in [2.45, 2.75) is 87.3 Å². The maximum absolute atomic E-state index is 14.1. The van der Waals surface area contributed by atoms with Crippen molar-refractivity contribution in [3.8, 4) is 0 Å². The van der Waals surface area contributed by atoms with Crippen molar-refractivity contribution < 1.29 is 29.0 Å². The molecule has 3 rings (SSSR count). The predicted octanol–water partition coefficient (Wildman–Crippen LogP) is 3.61. The first-order valence-electron chi connectivity index (χ1n) is 13.8. The first-order valence-corrected chi connectivity index (χ1v) is 14.7. The molecule has 3 saturated heterocycles. The number of alkyl halides is 1. The molecule has 2 amide bonds. The van der Waals surface area contributed by atoms with Crippen molar-refractivity contribution in [3.05, 3.63) is 25.3 Å². The van der Waals surface area contributed by atoms with Gasteiger partial charge in [0.25, 0.3) is 0 Å². The fraction of sp³-hybridized carbons (Fsp3) is 0.750. The van der Waals surface area contributed by atoms with Crippen molar-refractivity contribution in [1.29, 1.82) is 0 Å². The van der Waals surface area contributed by atoms with Crippen LogP contribution < -0.4 is 0 Å². The molecule has 8 nitrogen and oxygen atoms in total. The van der Waals surface area contributed by atoms with Crippen LogP contribution in [0.3, 0.4) is 0 Å². The molecule has 6 atom stereocenters. The Hall–Kier alpha value is -1.71. The summed E-state index contributed by atoms with van der Waals surface area (Å²) in [7, 11) is 0. The van der Waals surface area contributed by atoms with Crippen LogP contribution >= 0.6 is 15.9 Å². The monoisotopic (exact) mass is 582 g/mol. The van der Waals surface area contributed by atoms with Gasteiger partial charge in [-0.05, 0) is 44.9 Å². The molecule has 0 saturated carbocycles. The molecule has 3 heterocycles. The number of ether oxygens (including phenoxy) is 2. The highest BCUT2D eigenvalue weighted by Crippen LogP contribution is 2.60. The van der Waals surface area contributed by atoms with Gasteiger partial charge in [0, 0.05) is 31.1 Å². The summed E-state index contributed by atoms with van der Waals surface area (Å²) in [5.74, 6) is -2.32. The quantitative estimate of drug-likeness (QED) is 0.122. The number of aliphatic hydroxyl groups is 1. The van der Waals surface area contributed by atoms with Crippen LogP contribution in [0.15, 0.2) is 25.3 Å². The summed E-state index contributed by atoms with van der Waals surface area (Å²) in [5, 5.41) is 9.32. The summed E-state index contributed by atoms with van der Waals surface area (Å²) < 4.78 is 12.1. The molecule has 0 aliphatic carbocycles. The standard InChI is InChI=1S/C28H43BrN2O6/c1-4-7-9-13-18-36-27(35)21-22-25(33)31(16-11-12-17-32)24(28(22)19-20(29)23(21)37-28)26(34)30(14-6-3)15-10-8-5-2/h4,6,20-24,32H,1,3,5,7-19H2,2H3/t20?,21-,22-,23-,24?,28?/m0/s1. The fourth-order valence-corrected chi connectivity index (χ4v) is 7.09. The third-order valence-corrected chi connectivity index (χ3v) is 8.69. The number of fused-ring (bicyclic) bond motifs is 1. The van der Waals surface area contributed by atoms with E-state index in [2.05, 4.69) is 36.0 Å². The largest absolute Gasteiger partial charge is 0.465 e. The lowest BCUT2D eigenvalue weighted by Gasteiger charge is -2.37. The van der Waals surface area contributed by atoms with E-state index in [4.69, 9.17) is 9.47 Å². The average Bonchev–Trinajstić information content (AvgIpc) is 3.46. The van der Waals surface area contributed by atoms with Gasteiger partial charge in [-0.15, -0.1) is 13.2 Å². The number of aliphatic hydroxyl groups excluding tert-OH is 1. The van der Waals surface area contributed by atoms with Gasteiger partial charge in [-0.25, -0.2) is 0 Å². The molecule has 0 radical (unpaired) electrons. The number of likely N-dealkylation sites (tertiary alicyclic amines) is 1. The molecule has 3 aliphatic rings. The molecule has 9 heteroatoms. The SMILES string of the molecule is C=CCCCCOC(=O)[C@H]1[C@H]2C(=O)N(CCCCO)C(C(=O)N(CC=C)CCCCC)C23CC(Br)[C@@H]1O3. The van der Waals surface area contributed by atoms with Gasteiger partial charge in [-0.2, -0.15) is 0 Å². The molecule has 3 aliphatic heterocycles. The average molecular weight is 584 g/mol. The van der Waals surface area contributed by atoms with Crippen LogP contribution in [0.4, 0.5) is 0 Å². The summed E-state index contributed by atoms with van der Waals surface area (Å²) in [6, 6.07) is -0.819. The van der Waals surface area contributed by atoms with Gasteiger partial charge in [0.15, 0.2) is 0 Å². The minimum atomic E-state index is -1.08. The zero-order chi connectivity index (χ0) is 27.0. The van der Waals surface area contributed by atoms with Crippen molar-refractivity contribution in [3.63, 3.8) is 0 Å². The highest BCUT2D eigenvalue weighted by Gasteiger charge is 2.77. The van der Waals surface area contributed by atoms with Gasteiger partial charge in [0.1, 0.15) is 11.6 Å². The van der Waals surface area contributed by atoms with E-state index in [1.807, 2.05) is 6.08 Å². The number of allylic oxidation sites excluding steroid dienone is 1. The molecule has 208 valence electrons. The highest BCUT2D eigenvalue weighted by molar-refractivity contribution is 9.09. The summed E-state index contributed by atoms with van der Waals surface area (Å²) in [4.78, 5) is 44.6. The molecule has 3 fully saturated rings. The van der Waals surface area contributed by atoms with Gasteiger partial charge in [-0.1, -0.05) is 47.8 Å². The van der Waals surface area contributed by atoms with Gasteiger partial charge in [0.05, 0.1) is 24.5 Å². The Morgan fingerprint density at radius 2 is 2.00 bits per heavy atom. The van der Waals surface area contributed by atoms with Crippen molar-refractivity contribution in [2.24, 2.45) is 11.8 Å². The first kappa shape index (κ1) is 29.8. The van der Waals surface area contributed by atoms with Gasteiger partial charge >= 0.3 is 5.97 Å². The number of amides is 2. The van der Waals surface area contributed by atoms with Crippen LogP contribution in [-0.4, -0.2) is 88.1 Å². The van der Waals surface area contributed by atoms with Crippen molar-refractivity contribution in [1.82, 2.24) is 9.80 Å². The smallest absolute Gasteiger partial charge is 0.312 e. The Labute approximate surface area is 229 Å². The normalized spacial score (nSPS) is 29.9. The zero-order valence-electron chi connectivity index (χ0n) is 22.1. The Kier molecular flexibility index (Phi) is 11.2. The highest BCUT2D eigenvalue weighted by atomic mass is 79.9. The minimum Gasteiger partial charge on any atom is -0.465 e. The number of rotatable bonds is 17. The minimum absolute atomic E-state index is 0.0116. The summed E-state index contributed by atoms with van der Waals surface area (Å²) in [6.45, 7) is 11.2. The molecule has 0 aromatic rings. The number of carbonyl (C=O) groups is 3. The molecule has 37 heavy (non-hydrogen) atoms. The molecular weight excluding hydrogens is 540 g/mol. The lowest BCUT2D eigenvalue weighted by atomic mass is 9.70. The number of hydrogen-bond donors (Lipinski definition) is 1. The maximum atomic E-state index is 14.1. The Bertz CT molecular complexity index is 837. The van der Waals surface area contributed by atoms with E-state index in [1.54, 1.807) is 15.9 Å². The van der Waals surface area contributed by atoms with Crippen LogP contribution in [0.25, 0.3) is 0 Å². The van der Waals surface area contributed by atoms with Crippen LogP contribution in [0.1, 0.15) is 64.7 Å². The Morgan fingerprint density at radius 1 is 1.22 bits per heavy atom. The second kappa shape index (κ2) is 13.9. The van der Waals surface area contributed by atoms with Gasteiger partial charge in [-0.3, -0.25) is 14.4 Å². The van der Waals surface area contributed by atoms with Crippen LogP contribution in [0.2, 0.25) is 0 Å². The molecule has 1 N–H and O–H groups in total. The summed E-state index contributed by atoms with van der Waals surface area (Å²) >= 11 is 3.69. The lowest BCUT2D eigenvalue weighted by Crippen LogP contribution is -2.57. The number of hydrogen-bond acceptors (Lipinski definition) is 6. The number of esters is 1. The third kappa shape index (κ3) is 6.14. The van der Waals surface area contributed by atoms with E-state index >= 15 is 0 Å². The van der Waals surface area contributed by atoms with E-state index in [1.165, 1.54) is 0 Å². The number of nitrogens with zero attached hydrogens (tertiary/aromatic N) is 2. The first-order chi connectivity index (χ1) is 17.9. The van der Waals surface area contributed by atoms with E-state index in [0.29, 0.717) is 38.9 Å². The molecule has 1 spiro atoms. The third-order valence-electron chi connectivity index (χ3n) is 7.84. The van der Waals surface area contributed by atoms with Crippen molar-refractivity contribution >= 4 is 33.7 Å². The topological polar surface area (TPSA) is 96.4 Å². The van der Waals surface area contributed by atoms with E-state index in [0.717, 1.165) is 38.5 Å². The Morgan fingerprint density at radius 3 is 2.68 bits per heavy atom. The molecule has 3 unspecified atom stereocenters. The van der Waals surface area contributed by atoms with E-state index < -0.39 is 35.6 Å². The number of halogens is 1. The molecular formula is C28H43BrN2O6. The van der Waals surface area contributed by atoms with E-state index in [9.17, 15) is 19.5 Å². The van der Waals surface area contributed by atoms with Gasteiger partial charge in [0.2, 0.25) is 11.8 Å².